The van der Waals surface area contributed by atoms with Crippen molar-refractivity contribution in [3.05, 3.63) is 0 Å². The van der Waals surface area contributed by atoms with E-state index in [1.165, 1.54) is 7.11 Å². The van der Waals surface area contributed by atoms with Crippen molar-refractivity contribution < 1.29 is 14.6 Å². The first-order chi connectivity index (χ1) is 3.81. The fraction of sp³-hybridized carbons (Fsp3) is 0.400. The van der Waals surface area contributed by atoms with Crippen molar-refractivity contribution in [2.24, 2.45) is 0 Å². The fourth-order valence-corrected chi connectivity index (χ4v) is 0.163. The van der Waals surface area contributed by atoms with Gasteiger partial charge in [-0.2, -0.15) is 0 Å². The molecule has 0 aromatic carbocycles. The Morgan fingerprint density at radius 3 is 2.88 bits per heavy atom. The molecule has 3 nitrogen and oxygen atoms in total. The Morgan fingerprint density at radius 1 is 1.88 bits per heavy atom. The van der Waals surface area contributed by atoms with Crippen molar-refractivity contribution in [2.45, 2.75) is 0 Å². The number of aliphatic hydroxyl groups excluding tert-OH is 1. The van der Waals surface area contributed by atoms with Crippen molar-refractivity contribution >= 4 is 5.97 Å². The number of hydrogen-bond acceptors (Lipinski definition) is 3. The van der Waals surface area contributed by atoms with Crippen LogP contribution < -0.4 is 0 Å². The molecular formula is C5H6O3. The van der Waals surface area contributed by atoms with E-state index in [0.717, 1.165) is 0 Å². The molecule has 0 aromatic rings. The molecule has 0 aliphatic carbocycles. The van der Waals surface area contributed by atoms with Gasteiger partial charge in [-0.1, -0.05) is 5.92 Å². The van der Waals surface area contributed by atoms with Crippen molar-refractivity contribution in [3.63, 3.8) is 0 Å². The molecule has 0 aliphatic rings. The van der Waals surface area contributed by atoms with Gasteiger partial charge in [0.15, 0.2) is 0 Å². The van der Waals surface area contributed by atoms with Gasteiger partial charge in [0.05, 0.1) is 7.11 Å². The zero-order valence-electron chi connectivity index (χ0n) is 4.47. The molecule has 0 bridgehead atoms. The lowest BCUT2D eigenvalue weighted by Gasteiger charge is -1.81. The molecule has 0 saturated carbocycles. The third kappa shape index (κ3) is 3.19. The van der Waals surface area contributed by atoms with Crippen LogP contribution in [-0.2, 0) is 9.53 Å². The average Bonchev–Trinajstić information content (AvgIpc) is 1.83. The van der Waals surface area contributed by atoms with Crippen LogP contribution in [0.15, 0.2) is 0 Å². The van der Waals surface area contributed by atoms with Crippen LogP contribution in [0, 0.1) is 11.8 Å². The first-order valence-electron chi connectivity index (χ1n) is 1.99. The molecule has 0 saturated heterocycles. The van der Waals surface area contributed by atoms with Crippen LogP contribution >= 0.6 is 0 Å². The maximum atomic E-state index is 10.1. The van der Waals surface area contributed by atoms with Crippen molar-refractivity contribution in [2.75, 3.05) is 13.7 Å². The maximum absolute atomic E-state index is 10.1. The molecule has 0 heterocycles. The normalized spacial score (nSPS) is 6.75. The van der Waals surface area contributed by atoms with Crippen LogP contribution in [0.5, 0.6) is 0 Å². The first-order valence-corrected chi connectivity index (χ1v) is 1.99. The van der Waals surface area contributed by atoms with E-state index >= 15 is 0 Å². The van der Waals surface area contributed by atoms with Gasteiger partial charge in [0.25, 0.3) is 0 Å². The van der Waals surface area contributed by atoms with Gasteiger partial charge >= 0.3 is 5.97 Å². The van der Waals surface area contributed by atoms with E-state index in [0.29, 0.717) is 0 Å². The van der Waals surface area contributed by atoms with E-state index in [1.54, 1.807) is 0 Å². The lowest BCUT2D eigenvalue weighted by molar-refractivity contribution is -0.133. The summed E-state index contributed by atoms with van der Waals surface area (Å²) in [5.41, 5.74) is 0. The van der Waals surface area contributed by atoms with E-state index in [4.69, 9.17) is 5.11 Å². The second kappa shape index (κ2) is 4.16. The van der Waals surface area contributed by atoms with Crippen LogP contribution in [-0.4, -0.2) is 24.8 Å². The summed E-state index contributed by atoms with van der Waals surface area (Å²) in [5.74, 6) is 3.52. The molecule has 0 atom stereocenters. The molecule has 0 radical (unpaired) electrons. The summed E-state index contributed by atoms with van der Waals surface area (Å²) >= 11 is 0. The van der Waals surface area contributed by atoms with E-state index in [2.05, 4.69) is 10.7 Å². The largest absolute Gasteiger partial charge is 0.459 e. The first kappa shape index (κ1) is 6.99. The Kier molecular flexibility index (Phi) is 3.63. The fourth-order valence-electron chi connectivity index (χ4n) is 0.163. The van der Waals surface area contributed by atoms with Crippen molar-refractivity contribution in [3.8, 4) is 11.8 Å². The Balaban J connectivity index is 3.52. The van der Waals surface area contributed by atoms with Gasteiger partial charge in [0, 0.05) is 5.92 Å². The van der Waals surface area contributed by atoms with Gasteiger partial charge in [-0.15, -0.1) is 0 Å². The van der Waals surface area contributed by atoms with Gasteiger partial charge < -0.3 is 9.84 Å². The van der Waals surface area contributed by atoms with Crippen LogP contribution in [0.1, 0.15) is 0 Å². The Hall–Kier alpha value is -1.01. The minimum Gasteiger partial charge on any atom is -0.459 e. The molecule has 0 aliphatic heterocycles. The number of aliphatic hydroxyl groups is 1. The summed E-state index contributed by atoms with van der Waals surface area (Å²) in [6.07, 6.45) is 0. The van der Waals surface area contributed by atoms with Crippen molar-refractivity contribution in [1.82, 2.24) is 0 Å². The number of carbonyl (C=O) groups is 1. The van der Waals surface area contributed by atoms with Crippen LogP contribution in [0.2, 0.25) is 0 Å². The molecule has 0 rings (SSSR count). The topological polar surface area (TPSA) is 46.5 Å². The number of methoxy groups -OCH3 is 1. The third-order valence-corrected chi connectivity index (χ3v) is 0.455. The quantitative estimate of drug-likeness (QED) is 0.253. The highest BCUT2D eigenvalue weighted by Crippen LogP contribution is 1.65. The van der Waals surface area contributed by atoms with Gasteiger partial charge in [-0.05, 0) is 0 Å². The molecule has 0 spiro atoms. The molecule has 1 N–H and O–H groups in total. The van der Waals surface area contributed by atoms with Gasteiger partial charge in [0.2, 0.25) is 0 Å². The van der Waals surface area contributed by atoms with Crippen LogP contribution in [0.4, 0.5) is 0 Å². The van der Waals surface area contributed by atoms with Crippen LogP contribution in [0.3, 0.4) is 0 Å². The van der Waals surface area contributed by atoms with E-state index in [-0.39, 0.29) is 6.61 Å². The second-order valence-electron chi connectivity index (χ2n) is 0.951. The van der Waals surface area contributed by atoms with E-state index < -0.39 is 5.97 Å². The predicted molar refractivity (Wildman–Crippen MR) is 26.9 cm³/mol. The average molecular weight is 114 g/mol. The number of ether oxygens (including phenoxy) is 1. The summed E-state index contributed by atoms with van der Waals surface area (Å²) in [5, 5.41) is 8.03. The predicted octanol–water partition coefficient (Wildman–Crippen LogP) is -0.845. The third-order valence-electron chi connectivity index (χ3n) is 0.455. The highest BCUT2D eigenvalue weighted by Gasteiger charge is 1.85. The smallest absolute Gasteiger partial charge is 0.384 e. The molecule has 0 fully saturated rings. The second-order valence-corrected chi connectivity index (χ2v) is 0.951. The lowest BCUT2D eigenvalue weighted by Crippen LogP contribution is -1.94. The minimum atomic E-state index is -0.626. The molecule has 0 amide bonds. The molecule has 0 unspecified atom stereocenters. The molecule has 44 valence electrons. The van der Waals surface area contributed by atoms with Gasteiger partial charge in [-0.3, -0.25) is 0 Å². The minimum absolute atomic E-state index is 0.310. The summed E-state index contributed by atoms with van der Waals surface area (Å²) in [6, 6.07) is 0. The Morgan fingerprint density at radius 2 is 2.50 bits per heavy atom. The summed E-state index contributed by atoms with van der Waals surface area (Å²) in [7, 11) is 1.23. The number of rotatable bonds is 0. The summed E-state index contributed by atoms with van der Waals surface area (Å²) < 4.78 is 4.13. The standard InChI is InChI=1S/C5H6O3/c1-8-5(7)3-2-4-6/h6H,4H2,1H3. The van der Waals surface area contributed by atoms with Crippen LogP contribution in [0.25, 0.3) is 0 Å². The zero-order chi connectivity index (χ0) is 6.41. The molecule has 0 aromatic heterocycles. The number of esters is 1. The SMILES string of the molecule is COC(=O)C#CCO. The van der Waals surface area contributed by atoms with E-state index in [9.17, 15) is 4.79 Å². The Labute approximate surface area is 47.3 Å². The number of hydrogen-bond donors (Lipinski definition) is 1. The van der Waals surface area contributed by atoms with Gasteiger partial charge in [0.1, 0.15) is 6.61 Å². The van der Waals surface area contributed by atoms with E-state index in [1.807, 2.05) is 5.92 Å². The highest BCUT2D eigenvalue weighted by molar-refractivity contribution is 5.88. The number of carbonyl (C=O) groups excluding carboxylic acids is 1. The maximum Gasteiger partial charge on any atom is 0.384 e. The van der Waals surface area contributed by atoms with Crippen molar-refractivity contribution in [1.29, 1.82) is 0 Å². The monoisotopic (exact) mass is 114 g/mol. The molecular weight excluding hydrogens is 108 g/mol. The summed E-state index contributed by atoms with van der Waals surface area (Å²) in [6.45, 7) is -0.310. The summed E-state index contributed by atoms with van der Waals surface area (Å²) in [4.78, 5) is 10.1. The molecule has 3 heteroatoms. The Bertz CT molecular complexity index is 128. The molecule has 8 heavy (non-hydrogen) atoms. The van der Waals surface area contributed by atoms with Gasteiger partial charge in [-0.25, -0.2) is 4.79 Å². The lowest BCUT2D eigenvalue weighted by atomic mass is 10.6. The zero-order valence-corrected chi connectivity index (χ0v) is 4.47. The highest BCUT2D eigenvalue weighted by atomic mass is 16.5.